The van der Waals surface area contributed by atoms with Gasteiger partial charge in [-0.05, 0) is 31.7 Å². The van der Waals surface area contributed by atoms with Gasteiger partial charge < -0.3 is 15.0 Å². The molecule has 1 N–H and O–H groups in total. The highest BCUT2D eigenvalue weighted by molar-refractivity contribution is 5.92. The van der Waals surface area contributed by atoms with Crippen LogP contribution < -0.4 is 10.9 Å². The first-order valence-corrected chi connectivity index (χ1v) is 8.39. The Morgan fingerprint density at radius 1 is 1.25 bits per heavy atom. The van der Waals surface area contributed by atoms with Crippen molar-refractivity contribution in [3.05, 3.63) is 28.2 Å². The molecule has 2 saturated heterocycles. The normalized spacial score (nSPS) is 20.3. The molecular weight excluding hydrogens is 312 g/mol. The maximum Gasteiger partial charge on any atom is 0.274 e. The molecule has 0 aliphatic carbocycles. The van der Waals surface area contributed by atoms with Crippen LogP contribution in [0.25, 0.3) is 0 Å². The molecule has 0 radical (unpaired) electrons. The van der Waals surface area contributed by atoms with E-state index in [1.807, 2.05) is 0 Å². The summed E-state index contributed by atoms with van der Waals surface area (Å²) in [5, 5.41) is 6.80. The van der Waals surface area contributed by atoms with Crippen molar-refractivity contribution in [2.24, 2.45) is 0 Å². The molecule has 0 saturated carbocycles. The molecule has 0 bridgehead atoms. The van der Waals surface area contributed by atoms with E-state index in [1.165, 1.54) is 12.1 Å². The molecule has 0 spiro atoms. The van der Waals surface area contributed by atoms with Gasteiger partial charge in [0.25, 0.3) is 11.5 Å². The fourth-order valence-corrected chi connectivity index (χ4v) is 2.98. The topological polar surface area (TPSA) is 93.5 Å². The fourth-order valence-electron chi connectivity index (χ4n) is 2.98. The zero-order chi connectivity index (χ0) is 16.9. The van der Waals surface area contributed by atoms with Crippen molar-refractivity contribution in [2.75, 3.05) is 26.2 Å². The average molecular weight is 334 g/mol. The Morgan fingerprint density at radius 2 is 2.04 bits per heavy atom. The third-order valence-electron chi connectivity index (χ3n) is 4.32. The number of carbonyl (C=O) groups is 2. The quantitative estimate of drug-likeness (QED) is 0.803. The van der Waals surface area contributed by atoms with Gasteiger partial charge in [-0.25, -0.2) is 4.68 Å². The van der Waals surface area contributed by atoms with Gasteiger partial charge in [-0.2, -0.15) is 5.10 Å². The second-order valence-electron chi connectivity index (χ2n) is 6.15. The molecule has 2 fully saturated rings. The smallest absolute Gasteiger partial charge is 0.274 e. The lowest BCUT2D eigenvalue weighted by molar-refractivity contribution is -0.122. The Balaban J connectivity index is 1.61. The van der Waals surface area contributed by atoms with Gasteiger partial charge in [-0.15, -0.1) is 0 Å². The number of carbonyl (C=O) groups excluding carboxylic acids is 2. The number of ether oxygens (including phenoxy) is 1. The van der Waals surface area contributed by atoms with Gasteiger partial charge in [0.15, 0.2) is 0 Å². The van der Waals surface area contributed by atoms with Crippen LogP contribution in [0.3, 0.4) is 0 Å². The average Bonchev–Trinajstić information content (AvgIpc) is 3.28. The lowest BCUT2D eigenvalue weighted by Crippen LogP contribution is -2.38. The van der Waals surface area contributed by atoms with E-state index in [1.54, 1.807) is 4.90 Å². The van der Waals surface area contributed by atoms with Gasteiger partial charge >= 0.3 is 0 Å². The van der Waals surface area contributed by atoms with Crippen LogP contribution in [-0.2, 0) is 16.1 Å². The van der Waals surface area contributed by atoms with Crippen molar-refractivity contribution in [3.8, 4) is 0 Å². The molecule has 2 aliphatic heterocycles. The van der Waals surface area contributed by atoms with Crippen molar-refractivity contribution >= 4 is 11.8 Å². The number of hydrogen-bond donors (Lipinski definition) is 1. The van der Waals surface area contributed by atoms with Crippen LogP contribution >= 0.6 is 0 Å². The maximum atomic E-state index is 12.3. The van der Waals surface area contributed by atoms with Gasteiger partial charge in [0.2, 0.25) is 5.91 Å². The summed E-state index contributed by atoms with van der Waals surface area (Å²) >= 11 is 0. The Labute approximate surface area is 139 Å². The molecule has 8 nitrogen and oxygen atoms in total. The van der Waals surface area contributed by atoms with Crippen LogP contribution in [0, 0.1) is 0 Å². The minimum atomic E-state index is -0.403. The second-order valence-corrected chi connectivity index (χ2v) is 6.15. The standard InChI is InChI=1S/C16H22N4O4/c21-14(17-10-12-4-3-9-24-12)11-20-15(22)6-5-13(18-20)16(23)19-7-1-2-8-19/h5-6,12H,1-4,7-11H2,(H,17,21)/t12-/m0/s1. The van der Waals surface area contributed by atoms with E-state index >= 15 is 0 Å². The summed E-state index contributed by atoms with van der Waals surface area (Å²) < 4.78 is 6.47. The molecule has 2 aliphatic rings. The number of nitrogens with zero attached hydrogens (tertiary/aromatic N) is 3. The Bertz CT molecular complexity index is 660. The summed E-state index contributed by atoms with van der Waals surface area (Å²) in [7, 11) is 0. The minimum absolute atomic E-state index is 0.0432. The van der Waals surface area contributed by atoms with Gasteiger partial charge in [0.1, 0.15) is 12.2 Å². The van der Waals surface area contributed by atoms with E-state index in [2.05, 4.69) is 10.4 Å². The predicted octanol–water partition coefficient (Wildman–Crippen LogP) is -0.225. The first-order valence-electron chi connectivity index (χ1n) is 8.39. The van der Waals surface area contributed by atoms with E-state index in [4.69, 9.17) is 4.74 Å². The summed E-state index contributed by atoms with van der Waals surface area (Å²) in [4.78, 5) is 37.9. The summed E-state index contributed by atoms with van der Waals surface area (Å²) in [5.41, 5.74) is -0.205. The zero-order valence-electron chi connectivity index (χ0n) is 13.6. The molecular formula is C16H22N4O4. The monoisotopic (exact) mass is 334 g/mol. The summed E-state index contributed by atoms with van der Waals surface area (Å²) in [6.45, 7) is 2.37. The Kier molecular flexibility index (Phi) is 5.24. The van der Waals surface area contributed by atoms with E-state index < -0.39 is 5.56 Å². The van der Waals surface area contributed by atoms with Gasteiger partial charge in [0, 0.05) is 32.3 Å². The number of rotatable bonds is 5. The number of likely N-dealkylation sites (tertiary alicyclic amines) is 1. The molecule has 1 atom stereocenters. The SMILES string of the molecule is O=C(Cn1nc(C(=O)N2CCCC2)ccc1=O)NC[C@@H]1CCCO1. The predicted molar refractivity (Wildman–Crippen MR) is 85.6 cm³/mol. The van der Waals surface area contributed by atoms with Crippen LogP contribution in [0.2, 0.25) is 0 Å². The number of hydrogen-bond acceptors (Lipinski definition) is 5. The van der Waals surface area contributed by atoms with Crippen LogP contribution in [0.1, 0.15) is 36.2 Å². The third kappa shape index (κ3) is 4.00. The van der Waals surface area contributed by atoms with Crippen LogP contribution in [0.15, 0.2) is 16.9 Å². The highest BCUT2D eigenvalue weighted by Gasteiger charge is 2.22. The van der Waals surface area contributed by atoms with E-state index in [-0.39, 0.29) is 30.2 Å². The van der Waals surface area contributed by atoms with E-state index in [0.717, 1.165) is 37.0 Å². The third-order valence-corrected chi connectivity index (χ3v) is 4.32. The maximum absolute atomic E-state index is 12.3. The number of amides is 2. The number of aromatic nitrogens is 2. The lowest BCUT2D eigenvalue weighted by Gasteiger charge is -2.15. The summed E-state index contributed by atoms with van der Waals surface area (Å²) in [6.07, 6.45) is 3.94. The highest BCUT2D eigenvalue weighted by Crippen LogP contribution is 2.11. The van der Waals surface area contributed by atoms with Crippen molar-refractivity contribution in [3.63, 3.8) is 0 Å². The summed E-state index contributed by atoms with van der Waals surface area (Å²) in [6, 6.07) is 2.70. The highest BCUT2D eigenvalue weighted by atomic mass is 16.5. The molecule has 1 aromatic rings. The van der Waals surface area contributed by atoms with Crippen LogP contribution in [0.5, 0.6) is 0 Å². The Morgan fingerprint density at radius 3 is 2.75 bits per heavy atom. The van der Waals surface area contributed by atoms with Gasteiger partial charge in [-0.3, -0.25) is 14.4 Å². The van der Waals surface area contributed by atoms with Crippen molar-refractivity contribution in [1.29, 1.82) is 0 Å². The molecule has 24 heavy (non-hydrogen) atoms. The largest absolute Gasteiger partial charge is 0.376 e. The first kappa shape index (κ1) is 16.6. The van der Waals surface area contributed by atoms with Gasteiger partial charge in [-0.1, -0.05) is 0 Å². The minimum Gasteiger partial charge on any atom is -0.376 e. The molecule has 8 heteroatoms. The lowest BCUT2D eigenvalue weighted by atomic mass is 10.2. The van der Waals surface area contributed by atoms with Crippen molar-refractivity contribution < 1.29 is 14.3 Å². The fraction of sp³-hybridized carbons (Fsp3) is 0.625. The first-order chi connectivity index (χ1) is 11.6. The molecule has 3 heterocycles. The zero-order valence-corrected chi connectivity index (χ0v) is 13.6. The molecule has 130 valence electrons. The summed E-state index contributed by atoms with van der Waals surface area (Å²) in [5.74, 6) is -0.508. The number of nitrogens with one attached hydrogen (secondary N) is 1. The van der Waals surface area contributed by atoms with Crippen molar-refractivity contribution in [2.45, 2.75) is 38.3 Å². The molecule has 1 aromatic heterocycles. The van der Waals surface area contributed by atoms with Crippen LogP contribution in [0.4, 0.5) is 0 Å². The molecule has 0 unspecified atom stereocenters. The molecule has 2 amide bonds. The molecule has 0 aromatic carbocycles. The van der Waals surface area contributed by atoms with E-state index in [0.29, 0.717) is 19.6 Å². The van der Waals surface area contributed by atoms with Gasteiger partial charge in [0.05, 0.1) is 6.10 Å². The van der Waals surface area contributed by atoms with Crippen LogP contribution in [-0.4, -0.2) is 58.8 Å². The second kappa shape index (κ2) is 7.57. The molecule has 3 rings (SSSR count). The van der Waals surface area contributed by atoms with Crippen molar-refractivity contribution in [1.82, 2.24) is 20.0 Å². The Hall–Kier alpha value is -2.22. The van der Waals surface area contributed by atoms with E-state index in [9.17, 15) is 14.4 Å².